The summed E-state index contributed by atoms with van der Waals surface area (Å²) >= 11 is 3.17. The van der Waals surface area contributed by atoms with Gasteiger partial charge in [0.1, 0.15) is 4.83 Å². The van der Waals surface area contributed by atoms with Crippen molar-refractivity contribution in [1.29, 1.82) is 0 Å². The first-order valence-corrected chi connectivity index (χ1v) is 9.92. The van der Waals surface area contributed by atoms with Crippen LogP contribution < -0.4 is 15.5 Å². The van der Waals surface area contributed by atoms with Crippen molar-refractivity contribution in [3.8, 4) is 0 Å². The minimum absolute atomic E-state index is 0. The second kappa shape index (κ2) is 9.92. The zero-order valence-corrected chi connectivity index (χ0v) is 18.0. The van der Waals surface area contributed by atoms with Gasteiger partial charge in [-0.25, -0.2) is 4.98 Å². The van der Waals surface area contributed by atoms with Crippen LogP contribution in [0.15, 0.2) is 6.07 Å². The number of nitrogens with zero attached hydrogens (tertiary/aromatic N) is 2. The molecule has 0 aromatic carbocycles. The highest BCUT2D eigenvalue weighted by molar-refractivity contribution is 7.29. The van der Waals surface area contributed by atoms with Crippen LogP contribution in [0.1, 0.15) is 36.9 Å². The second-order valence-corrected chi connectivity index (χ2v) is 8.04. The summed E-state index contributed by atoms with van der Waals surface area (Å²) in [6, 6.07) is 2.26. The average molecular weight is 425 g/mol. The molecule has 3 heterocycles. The van der Waals surface area contributed by atoms with Gasteiger partial charge in [0, 0.05) is 19.1 Å². The summed E-state index contributed by atoms with van der Waals surface area (Å²) in [5.74, 6) is 0.518. The molecule has 2 N–H and O–H groups in total. The highest BCUT2D eigenvalue weighted by atomic mass is 35.5. The molecule has 0 aliphatic carbocycles. The minimum Gasteiger partial charge on any atom is -0.349 e. The quantitative estimate of drug-likeness (QED) is 0.766. The number of nitrogens with one attached hydrogen (secondary N) is 2. The Morgan fingerprint density at radius 3 is 2.68 bits per heavy atom. The topological polar surface area (TPSA) is 57.3 Å². The largest absolute Gasteiger partial charge is 0.349 e. The highest BCUT2D eigenvalue weighted by Crippen LogP contribution is 2.34. The Hall–Kier alpha value is -0.600. The van der Waals surface area contributed by atoms with Gasteiger partial charge in [-0.3, -0.25) is 4.79 Å². The summed E-state index contributed by atoms with van der Waals surface area (Å²) in [5, 5.41) is 7.61. The Labute approximate surface area is 169 Å². The molecule has 1 saturated heterocycles. The number of amides is 1. The summed E-state index contributed by atoms with van der Waals surface area (Å²) < 4.78 is 1.11. The number of carbonyl (C=O) groups is 1. The predicted octanol–water partition coefficient (Wildman–Crippen LogP) is 3.78. The van der Waals surface area contributed by atoms with E-state index in [0.29, 0.717) is 5.92 Å². The van der Waals surface area contributed by atoms with Crippen LogP contribution in [-0.2, 0) is 0 Å². The molecular weight excluding hydrogens is 399 g/mol. The number of rotatable bonds is 5. The second-order valence-electron chi connectivity index (χ2n) is 6.00. The number of carbonyl (C=O) groups excluding carboxylic acids is 1. The Morgan fingerprint density at radius 1 is 1.36 bits per heavy atom. The molecule has 1 aliphatic rings. The van der Waals surface area contributed by atoms with Crippen molar-refractivity contribution in [2.24, 2.45) is 5.92 Å². The van der Waals surface area contributed by atoms with Gasteiger partial charge < -0.3 is 15.5 Å². The van der Waals surface area contributed by atoms with Crippen LogP contribution in [0.5, 0.6) is 0 Å². The Morgan fingerprint density at radius 2 is 2.08 bits per heavy atom. The van der Waals surface area contributed by atoms with Gasteiger partial charge in [-0.15, -0.1) is 36.2 Å². The lowest BCUT2D eigenvalue weighted by molar-refractivity contribution is 0.0918. The van der Waals surface area contributed by atoms with Gasteiger partial charge in [0.25, 0.3) is 5.91 Å². The number of aromatic nitrogens is 1. The van der Waals surface area contributed by atoms with Crippen molar-refractivity contribution in [2.45, 2.75) is 33.2 Å². The molecular formula is C16H26Cl2N4OS2. The predicted molar refractivity (Wildman–Crippen MR) is 113 cm³/mol. The van der Waals surface area contributed by atoms with Crippen LogP contribution >= 0.6 is 47.5 Å². The van der Waals surface area contributed by atoms with Gasteiger partial charge in [-0.05, 0) is 45.3 Å². The fourth-order valence-corrected chi connectivity index (χ4v) is 5.17. The first-order chi connectivity index (χ1) is 11.1. The summed E-state index contributed by atoms with van der Waals surface area (Å²) in [5.41, 5.74) is 0. The molecule has 1 fully saturated rings. The molecule has 3 rings (SSSR count). The minimum atomic E-state index is 0. The lowest BCUT2D eigenvalue weighted by Crippen LogP contribution is -2.48. The van der Waals surface area contributed by atoms with Gasteiger partial charge in [0.2, 0.25) is 0 Å². The Kier molecular flexibility index (Phi) is 8.91. The molecule has 0 saturated carbocycles. The zero-order chi connectivity index (χ0) is 16.4. The first-order valence-electron chi connectivity index (χ1n) is 8.29. The molecule has 0 bridgehead atoms. The number of halogens is 2. The number of fused-ring (bicyclic) bond motifs is 1. The fourth-order valence-electron chi connectivity index (χ4n) is 2.93. The summed E-state index contributed by atoms with van der Waals surface area (Å²) in [4.78, 5) is 21.2. The van der Waals surface area contributed by atoms with Crippen molar-refractivity contribution in [3.05, 3.63) is 10.9 Å². The maximum absolute atomic E-state index is 12.5. The Balaban J connectivity index is 0.00000156. The van der Waals surface area contributed by atoms with E-state index < -0.39 is 0 Å². The van der Waals surface area contributed by atoms with E-state index in [4.69, 9.17) is 4.98 Å². The van der Waals surface area contributed by atoms with E-state index in [1.165, 1.54) is 11.3 Å². The molecule has 0 radical (unpaired) electrons. The number of hydrogen-bond acceptors (Lipinski definition) is 6. The summed E-state index contributed by atoms with van der Waals surface area (Å²) in [6.45, 7) is 10.3. The SMILES string of the molecule is CCN(CC)c1nc2sc(C(=O)NC3CCNCC3C)cc2s1.Cl.Cl. The monoisotopic (exact) mass is 424 g/mol. The lowest BCUT2D eigenvalue weighted by atomic mass is 9.95. The van der Waals surface area contributed by atoms with Crippen LogP contribution in [0.25, 0.3) is 9.53 Å². The first kappa shape index (κ1) is 22.4. The fraction of sp³-hybridized carbons (Fsp3) is 0.625. The van der Waals surface area contributed by atoms with E-state index in [0.717, 1.165) is 52.1 Å². The number of piperidine rings is 1. The van der Waals surface area contributed by atoms with Crippen molar-refractivity contribution >= 4 is 68.1 Å². The zero-order valence-electron chi connectivity index (χ0n) is 14.7. The van der Waals surface area contributed by atoms with Crippen molar-refractivity contribution in [2.75, 3.05) is 31.1 Å². The highest BCUT2D eigenvalue weighted by Gasteiger charge is 2.24. The molecule has 5 nitrogen and oxygen atoms in total. The number of anilines is 1. The third-order valence-corrected chi connectivity index (χ3v) is 6.66. The molecule has 9 heteroatoms. The summed E-state index contributed by atoms with van der Waals surface area (Å²) in [7, 11) is 0. The third-order valence-electron chi connectivity index (χ3n) is 4.44. The summed E-state index contributed by atoms with van der Waals surface area (Å²) in [6.07, 6.45) is 0.997. The van der Waals surface area contributed by atoms with E-state index in [1.54, 1.807) is 11.3 Å². The van der Waals surface area contributed by atoms with Gasteiger partial charge in [0.05, 0.1) is 9.58 Å². The smallest absolute Gasteiger partial charge is 0.261 e. The van der Waals surface area contributed by atoms with Crippen LogP contribution in [0, 0.1) is 5.92 Å². The number of hydrogen-bond donors (Lipinski definition) is 2. The van der Waals surface area contributed by atoms with E-state index in [2.05, 4.69) is 36.3 Å². The molecule has 1 amide bonds. The normalized spacial score (nSPS) is 19.8. The van der Waals surface area contributed by atoms with E-state index >= 15 is 0 Å². The maximum Gasteiger partial charge on any atom is 0.261 e. The van der Waals surface area contributed by atoms with Gasteiger partial charge in [-0.1, -0.05) is 18.3 Å². The van der Waals surface area contributed by atoms with Gasteiger partial charge in [0.15, 0.2) is 5.13 Å². The lowest BCUT2D eigenvalue weighted by Gasteiger charge is -2.30. The maximum atomic E-state index is 12.5. The number of thiophene rings is 1. The van der Waals surface area contributed by atoms with Crippen molar-refractivity contribution in [3.63, 3.8) is 0 Å². The van der Waals surface area contributed by atoms with Crippen molar-refractivity contribution in [1.82, 2.24) is 15.6 Å². The van der Waals surface area contributed by atoms with Crippen LogP contribution in [0.2, 0.25) is 0 Å². The molecule has 2 atom stereocenters. The van der Waals surface area contributed by atoms with Crippen LogP contribution in [0.3, 0.4) is 0 Å². The van der Waals surface area contributed by atoms with E-state index in [1.807, 2.05) is 6.07 Å². The molecule has 142 valence electrons. The molecule has 1 aliphatic heterocycles. The Bertz CT molecular complexity index is 655. The molecule has 2 unspecified atom stereocenters. The van der Waals surface area contributed by atoms with Gasteiger partial charge >= 0.3 is 0 Å². The van der Waals surface area contributed by atoms with Crippen LogP contribution in [0.4, 0.5) is 5.13 Å². The molecule has 2 aromatic rings. The number of thiazole rings is 1. The van der Waals surface area contributed by atoms with E-state index in [-0.39, 0.29) is 36.8 Å². The average Bonchev–Trinajstić information content (AvgIpc) is 3.10. The molecule has 25 heavy (non-hydrogen) atoms. The van der Waals surface area contributed by atoms with E-state index in [9.17, 15) is 4.79 Å². The molecule has 2 aromatic heterocycles. The van der Waals surface area contributed by atoms with Gasteiger partial charge in [-0.2, -0.15) is 0 Å². The van der Waals surface area contributed by atoms with Crippen molar-refractivity contribution < 1.29 is 4.79 Å². The standard InChI is InChI=1S/C16H24N4OS2.2ClH/c1-4-20(5-2)16-19-15-13(23-16)8-12(22-15)14(21)18-11-6-7-17-9-10(11)3;;/h8,10-11,17H,4-7,9H2,1-3H3,(H,18,21);2*1H. The van der Waals surface area contributed by atoms with Crippen LogP contribution in [-0.4, -0.2) is 43.1 Å². The third kappa shape index (κ3) is 4.98. The molecule has 0 spiro atoms.